The molecule has 1 aliphatic rings. The first-order valence-electron chi connectivity index (χ1n) is 6.95. The molecule has 1 fully saturated rings. The quantitative estimate of drug-likeness (QED) is 0.927. The van der Waals surface area contributed by atoms with Crippen molar-refractivity contribution in [3.8, 4) is 11.5 Å². The van der Waals surface area contributed by atoms with Gasteiger partial charge in [-0.15, -0.1) is 0 Å². The molecule has 0 aliphatic carbocycles. The molecule has 0 amide bonds. The molecule has 1 unspecified atom stereocenters. The Hall–Kier alpha value is -0.970. The molecule has 1 aromatic carbocycles. The summed E-state index contributed by atoms with van der Waals surface area (Å²) in [5.74, 6) is 0.455. The van der Waals surface area contributed by atoms with Gasteiger partial charge in [-0.25, -0.2) is 0 Å². The SMILES string of the molecule is COc1cc(CN2CCCC(N(C)C)C2)cc(Cl)c1O. The molecule has 20 heavy (non-hydrogen) atoms. The zero-order valence-electron chi connectivity index (χ0n) is 12.4. The van der Waals surface area contributed by atoms with E-state index in [1.165, 1.54) is 20.0 Å². The van der Waals surface area contributed by atoms with Gasteiger partial charge in [-0.2, -0.15) is 0 Å². The van der Waals surface area contributed by atoms with Crippen molar-refractivity contribution >= 4 is 11.6 Å². The highest BCUT2D eigenvalue weighted by Gasteiger charge is 2.21. The minimum Gasteiger partial charge on any atom is -0.503 e. The molecule has 1 aromatic rings. The monoisotopic (exact) mass is 298 g/mol. The van der Waals surface area contributed by atoms with Crippen molar-refractivity contribution in [3.63, 3.8) is 0 Å². The number of likely N-dealkylation sites (N-methyl/N-ethyl adjacent to an activating group) is 1. The number of phenolic OH excluding ortho intramolecular Hbond substituents is 1. The topological polar surface area (TPSA) is 35.9 Å². The standard InChI is InChI=1S/C15H23ClN2O2/c1-17(2)12-5-4-6-18(10-12)9-11-7-13(16)15(19)14(8-11)20-3/h7-8,12,19H,4-6,9-10H2,1-3H3. The molecule has 112 valence electrons. The molecule has 1 heterocycles. The highest BCUT2D eigenvalue weighted by atomic mass is 35.5. The Morgan fingerprint density at radius 2 is 2.20 bits per heavy atom. The molecule has 1 saturated heterocycles. The zero-order valence-corrected chi connectivity index (χ0v) is 13.2. The first-order valence-corrected chi connectivity index (χ1v) is 7.33. The smallest absolute Gasteiger partial charge is 0.176 e. The number of hydrogen-bond donors (Lipinski definition) is 1. The minimum absolute atomic E-state index is 0.0164. The second-order valence-corrected chi connectivity index (χ2v) is 6.03. The first-order chi connectivity index (χ1) is 9.51. The summed E-state index contributed by atoms with van der Waals surface area (Å²) in [5.41, 5.74) is 1.07. The van der Waals surface area contributed by atoms with E-state index < -0.39 is 0 Å². The molecule has 1 atom stereocenters. The van der Waals surface area contributed by atoms with Crippen LogP contribution in [0.4, 0.5) is 0 Å². The fraction of sp³-hybridized carbons (Fsp3) is 0.600. The summed E-state index contributed by atoms with van der Waals surface area (Å²) in [7, 11) is 5.81. The number of likely N-dealkylation sites (tertiary alicyclic amines) is 1. The number of halogens is 1. The molecular formula is C15H23ClN2O2. The summed E-state index contributed by atoms with van der Waals surface area (Å²) in [6, 6.07) is 4.29. The van der Waals surface area contributed by atoms with Gasteiger partial charge >= 0.3 is 0 Å². The minimum atomic E-state index is 0.0164. The Kier molecular flexibility index (Phi) is 5.13. The maximum atomic E-state index is 9.77. The third kappa shape index (κ3) is 3.57. The lowest BCUT2D eigenvalue weighted by Gasteiger charge is -2.36. The van der Waals surface area contributed by atoms with Crippen LogP contribution in [0.15, 0.2) is 12.1 Å². The average molecular weight is 299 g/mol. The number of benzene rings is 1. The van der Waals surface area contributed by atoms with Crippen LogP contribution in [0.3, 0.4) is 0 Å². The van der Waals surface area contributed by atoms with Crippen molar-refractivity contribution in [2.24, 2.45) is 0 Å². The molecule has 0 radical (unpaired) electrons. The fourth-order valence-electron chi connectivity index (χ4n) is 2.73. The van der Waals surface area contributed by atoms with Crippen LogP contribution in [0.2, 0.25) is 5.02 Å². The van der Waals surface area contributed by atoms with Crippen molar-refractivity contribution in [1.82, 2.24) is 9.80 Å². The Morgan fingerprint density at radius 3 is 2.85 bits per heavy atom. The Labute approximate surface area is 125 Å². The van der Waals surface area contributed by atoms with Gasteiger partial charge in [0.2, 0.25) is 0 Å². The molecule has 0 saturated carbocycles. The Bertz CT molecular complexity index is 465. The van der Waals surface area contributed by atoms with Crippen molar-refractivity contribution < 1.29 is 9.84 Å². The van der Waals surface area contributed by atoms with E-state index in [9.17, 15) is 5.11 Å². The average Bonchev–Trinajstić information content (AvgIpc) is 2.43. The molecular weight excluding hydrogens is 276 g/mol. The number of nitrogens with zero attached hydrogens (tertiary/aromatic N) is 2. The van der Waals surface area contributed by atoms with Gasteiger partial charge in [-0.05, 0) is 51.2 Å². The van der Waals surface area contributed by atoms with Gasteiger partial charge in [0.15, 0.2) is 11.5 Å². The molecule has 1 N–H and O–H groups in total. The highest BCUT2D eigenvalue weighted by Crippen LogP contribution is 2.35. The number of aromatic hydroxyl groups is 1. The lowest BCUT2D eigenvalue weighted by Crippen LogP contribution is -2.44. The van der Waals surface area contributed by atoms with Crippen LogP contribution in [0.5, 0.6) is 11.5 Å². The second kappa shape index (κ2) is 6.66. The van der Waals surface area contributed by atoms with Crippen LogP contribution in [-0.4, -0.2) is 55.2 Å². The molecule has 5 heteroatoms. The number of hydrogen-bond acceptors (Lipinski definition) is 4. The number of piperidine rings is 1. The third-order valence-corrected chi connectivity index (χ3v) is 4.21. The van der Waals surface area contributed by atoms with Gasteiger partial charge in [-0.1, -0.05) is 11.6 Å². The number of ether oxygens (including phenoxy) is 1. The second-order valence-electron chi connectivity index (χ2n) is 5.62. The van der Waals surface area contributed by atoms with Gasteiger partial charge < -0.3 is 14.7 Å². The summed E-state index contributed by atoms with van der Waals surface area (Å²) in [6.07, 6.45) is 2.47. The van der Waals surface area contributed by atoms with E-state index >= 15 is 0 Å². The van der Waals surface area contributed by atoms with Crippen molar-refractivity contribution in [2.75, 3.05) is 34.3 Å². The van der Waals surface area contributed by atoms with E-state index in [0.29, 0.717) is 16.8 Å². The van der Waals surface area contributed by atoms with Gasteiger partial charge in [0.25, 0.3) is 0 Å². The van der Waals surface area contributed by atoms with Gasteiger partial charge in [-0.3, -0.25) is 4.90 Å². The van der Waals surface area contributed by atoms with Crippen LogP contribution in [0.1, 0.15) is 18.4 Å². The van der Waals surface area contributed by atoms with E-state index in [0.717, 1.165) is 25.2 Å². The Morgan fingerprint density at radius 1 is 1.45 bits per heavy atom. The fourth-order valence-corrected chi connectivity index (χ4v) is 2.96. The van der Waals surface area contributed by atoms with Crippen LogP contribution < -0.4 is 4.74 Å². The largest absolute Gasteiger partial charge is 0.503 e. The van der Waals surface area contributed by atoms with Crippen molar-refractivity contribution in [2.45, 2.75) is 25.4 Å². The normalized spacial score (nSPS) is 20.4. The van der Waals surface area contributed by atoms with E-state index in [4.69, 9.17) is 16.3 Å². The molecule has 4 nitrogen and oxygen atoms in total. The van der Waals surface area contributed by atoms with Crippen LogP contribution in [-0.2, 0) is 6.54 Å². The van der Waals surface area contributed by atoms with Crippen LogP contribution >= 0.6 is 11.6 Å². The molecule has 1 aliphatic heterocycles. The zero-order chi connectivity index (χ0) is 14.7. The number of phenols is 1. The van der Waals surface area contributed by atoms with E-state index in [1.54, 1.807) is 0 Å². The highest BCUT2D eigenvalue weighted by molar-refractivity contribution is 6.32. The molecule has 0 bridgehead atoms. The number of methoxy groups -OCH3 is 1. The van der Waals surface area contributed by atoms with Crippen molar-refractivity contribution in [1.29, 1.82) is 0 Å². The molecule has 0 aromatic heterocycles. The van der Waals surface area contributed by atoms with Crippen molar-refractivity contribution in [3.05, 3.63) is 22.7 Å². The third-order valence-electron chi connectivity index (χ3n) is 3.93. The van der Waals surface area contributed by atoms with E-state index in [1.807, 2.05) is 12.1 Å². The van der Waals surface area contributed by atoms with Gasteiger partial charge in [0, 0.05) is 19.1 Å². The molecule has 0 spiro atoms. The van der Waals surface area contributed by atoms with Crippen LogP contribution in [0, 0.1) is 0 Å². The van der Waals surface area contributed by atoms with Gasteiger partial charge in [0.1, 0.15) is 0 Å². The predicted molar refractivity (Wildman–Crippen MR) is 81.7 cm³/mol. The van der Waals surface area contributed by atoms with Crippen LogP contribution in [0.25, 0.3) is 0 Å². The summed E-state index contributed by atoms with van der Waals surface area (Å²) in [6.45, 7) is 3.00. The summed E-state index contributed by atoms with van der Waals surface area (Å²) < 4.78 is 5.15. The lowest BCUT2D eigenvalue weighted by molar-refractivity contribution is 0.128. The van der Waals surface area contributed by atoms with Gasteiger partial charge in [0.05, 0.1) is 12.1 Å². The maximum Gasteiger partial charge on any atom is 0.176 e. The number of rotatable bonds is 4. The molecule has 2 rings (SSSR count). The van der Waals surface area contributed by atoms with E-state index in [-0.39, 0.29) is 5.75 Å². The first kappa shape index (κ1) is 15.4. The lowest BCUT2D eigenvalue weighted by atomic mass is 10.0. The summed E-state index contributed by atoms with van der Waals surface area (Å²) in [4.78, 5) is 4.72. The summed E-state index contributed by atoms with van der Waals surface area (Å²) >= 11 is 6.04. The Balaban J connectivity index is 2.08. The predicted octanol–water partition coefficient (Wildman–Crippen LogP) is 2.58. The maximum absolute atomic E-state index is 9.77. The summed E-state index contributed by atoms with van der Waals surface area (Å²) in [5, 5.41) is 10.1. The van der Waals surface area contributed by atoms with E-state index in [2.05, 4.69) is 23.9 Å².